The van der Waals surface area contributed by atoms with Gasteiger partial charge in [-0.15, -0.1) is 0 Å². The van der Waals surface area contributed by atoms with Gasteiger partial charge in [-0.2, -0.15) is 0 Å². The van der Waals surface area contributed by atoms with Gasteiger partial charge in [0.05, 0.1) is 0 Å². The predicted octanol–water partition coefficient (Wildman–Crippen LogP) is 1.65. The fourth-order valence-corrected chi connectivity index (χ4v) is 3.41. The molecule has 1 saturated heterocycles. The third-order valence-electron chi connectivity index (χ3n) is 4.68. The van der Waals surface area contributed by atoms with Crippen molar-refractivity contribution in [3.8, 4) is 0 Å². The zero-order valence-corrected chi connectivity index (χ0v) is 12.8. The van der Waals surface area contributed by atoms with Crippen LogP contribution in [0.5, 0.6) is 0 Å². The molecule has 0 radical (unpaired) electrons. The van der Waals surface area contributed by atoms with Gasteiger partial charge in [-0.3, -0.25) is 9.59 Å². The van der Waals surface area contributed by atoms with Crippen molar-refractivity contribution < 1.29 is 19.5 Å². The van der Waals surface area contributed by atoms with Gasteiger partial charge in [0, 0.05) is 24.6 Å². The molecule has 0 aromatic heterocycles. The Balaban J connectivity index is 1.59. The standard InChI is InChI=1S/C17H20N2O4/c20-15(19-9-3-6-14(19)17(22)23)8-7-12-10-11-4-1-2-5-13(11)18-16(12)21/h1-2,4-5,12,14H,3,6-10H2,(H,18,21)(H,22,23)/t12-,14-/m0/s1. The number of benzene rings is 1. The van der Waals surface area contributed by atoms with Crippen LogP contribution in [0.4, 0.5) is 5.69 Å². The Kier molecular flexibility index (Phi) is 4.32. The Bertz CT molecular complexity index is 643. The monoisotopic (exact) mass is 316 g/mol. The first-order chi connectivity index (χ1) is 11.1. The second kappa shape index (κ2) is 6.40. The molecule has 2 N–H and O–H groups in total. The molecule has 2 atom stereocenters. The summed E-state index contributed by atoms with van der Waals surface area (Å²) in [5.74, 6) is -1.41. The molecule has 2 amide bonds. The normalized spacial score (nSPS) is 23.3. The molecule has 1 aromatic rings. The molecule has 0 unspecified atom stereocenters. The van der Waals surface area contributed by atoms with Gasteiger partial charge in [0.15, 0.2) is 0 Å². The molecule has 0 spiro atoms. The quantitative estimate of drug-likeness (QED) is 0.884. The number of carboxylic acid groups (broad SMARTS) is 1. The molecule has 0 aliphatic carbocycles. The van der Waals surface area contributed by atoms with E-state index in [9.17, 15) is 14.4 Å². The van der Waals surface area contributed by atoms with Crippen LogP contribution in [0.25, 0.3) is 0 Å². The molecular weight excluding hydrogens is 296 g/mol. The van der Waals surface area contributed by atoms with Crippen LogP contribution in [-0.2, 0) is 20.8 Å². The molecule has 2 aliphatic rings. The Morgan fingerprint density at radius 2 is 2.09 bits per heavy atom. The van der Waals surface area contributed by atoms with E-state index in [0.29, 0.717) is 25.8 Å². The van der Waals surface area contributed by atoms with Crippen LogP contribution in [0.15, 0.2) is 24.3 Å². The molecule has 23 heavy (non-hydrogen) atoms. The largest absolute Gasteiger partial charge is 0.480 e. The minimum atomic E-state index is -0.944. The minimum absolute atomic E-state index is 0.0623. The first-order valence-corrected chi connectivity index (χ1v) is 7.97. The van der Waals surface area contributed by atoms with E-state index in [4.69, 9.17) is 5.11 Å². The van der Waals surface area contributed by atoms with Crippen molar-refractivity contribution in [3.63, 3.8) is 0 Å². The lowest BCUT2D eigenvalue weighted by Gasteiger charge is -2.26. The smallest absolute Gasteiger partial charge is 0.326 e. The number of carbonyl (C=O) groups is 3. The SMILES string of the molecule is O=C1Nc2ccccc2C[C@@H]1CCC(=O)N1CCC[C@H]1C(=O)O. The second-order valence-electron chi connectivity index (χ2n) is 6.17. The fraction of sp³-hybridized carbons (Fsp3) is 0.471. The van der Waals surface area contributed by atoms with Gasteiger partial charge < -0.3 is 15.3 Å². The van der Waals surface area contributed by atoms with Crippen LogP contribution in [0.3, 0.4) is 0 Å². The highest BCUT2D eigenvalue weighted by atomic mass is 16.4. The topological polar surface area (TPSA) is 86.7 Å². The Morgan fingerprint density at radius 1 is 1.30 bits per heavy atom. The van der Waals surface area contributed by atoms with Crippen molar-refractivity contribution in [2.24, 2.45) is 5.92 Å². The van der Waals surface area contributed by atoms with E-state index < -0.39 is 12.0 Å². The summed E-state index contributed by atoms with van der Waals surface area (Å²) < 4.78 is 0. The summed E-state index contributed by atoms with van der Waals surface area (Å²) in [6.45, 7) is 0.496. The van der Waals surface area contributed by atoms with Crippen LogP contribution in [0, 0.1) is 5.92 Å². The van der Waals surface area contributed by atoms with Gasteiger partial charge in [-0.05, 0) is 37.3 Å². The highest BCUT2D eigenvalue weighted by molar-refractivity contribution is 5.96. The first kappa shape index (κ1) is 15.5. The van der Waals surface area contributed by atoms with Crippen LogP contribution in [-0.4, -0.2) is 40.4 Å². The number of rotatable bonds is 4. The average Bonchev–Trinajstić information content (AvgIpc) is 3.02. The van der Waals surface area contributed by atoms with E-state index in [1.54, 1.807) is 0 Å². The number of nitrogens with one attached hydrogen (secondary N) is 1. The number of likely N-dealkylation sites (tertiary alicyclic amines) is 1. The molecule has 0 saturated carbocycles. The van der Waals surface area contributed by atoms with Crippen LogP contribution in [0.1, 0.15) is 31.2 Å². The van der Waals surface area contributed by atoms with E-state index >= 15 is 0 Å². The van der Waals surface area contributed by atoms with E-state index in [1.807, 2.05) is 24.3 Å². The van der Waals surface area contributed by atoms with Crippen molar-refractivity contribution in [1.29, 1.82) is 0 Å². The molecule has 3 rings (SSSR count). The summed E-state index contributed by atoms with van der Waals surface area (Å²) in [6.07, 6.45) is 2.52. The number of carboxylic acids is 1. The van der Waals surface area contributed by atoms with Gasteiger partial charge in [-0.1, -0.05) is 18.2 Å². The molecule has 122 valence electrons. The van der Waals surface area contributed by atoms with E-state index in [2.05, 4.69) is 5.32 Å². The lowest BCUT2D eigenvalue weighted by Crippen LogP contribution is -2.41. The molecular formula is C17H20N2O4. The highest BCUT2D eigenvalue weighted by Gasteiger charge is 2.34. The van der Waals surface area contributed by atoms with Gasteiger partial charge in [0.2, 0.25) is 11.8 Å². The number of para-hydroxylation sites is 1. The number of anilines is 1. The van der Waals surface area contributed by atoms with Gasteiger partial charge in [0.25, 0.3) is 0 Å². The Morgan fingerprint density at radius 3 is 2.87 bits per heavy atom. The molecule has 6 heteroatoms. The molecule has 6 nitrogen and oxygen atoms in total. The highest BCUT2D eigenvalue weighted by Crippen LogP contribution is 2.28. The molecule has 1 fully saturated rings. The number of nitrogens with zero attached hydrogens (tertiary/aromatic N) is 1. The number of fused-ring (bicyclic) bond motifs is 1. The third kappa shape index (κ3) is 3.21. The number of hydrogen-bond donors (Lipinski definition) is 2. The van der Waals surface area contributed by atoms with Crippen molar-refractivity contribution >= 4 is 23.5 Å². The molecule has 0 bridgehead atoms. The number of amides is 2. The van der Waals surface area contributed by atoms with Crippen LogP contribution >= 0.6 is 0 Å². The summed E-state index contributed by atoms with van der Waals surface area (Å²) in [4.78, 5) is 37.0. The van der Waals surface area contributed by atoms with Crippen LogP contribution in [0.2, 0.25) is 0 Å². The second-order valence-corrected chi connectivity index (χ2v) is 6.17. The Labute approximate surface area is 134 Å². The Hall–Kier alpha value is -2.37. The zero-order chi connectivity index (χ0) is 16.4. The maximum absolute atomic E-state index is 12.3. The molecule has 2 aliphatic heterocycles. The number of hydrogen-bond acceptors (Lipinski definition) is 3. The van der Waals surface area contributed by atoms with Crippen molar-refractivity contribution in [2.75, 3.05) is 11.9 Å². The van der Waals surface area contributed by atoms with Gasteiger partial charge in [0.1, 0.15) is 6.04 Å². The fourth-order valence-electron chi connectivity index (χ4n) is 3.41. The van der Waals surface area contributed by atoms with E-state index in [-0.39, 0.29) is 24.2 Å². The first-order valence-electron chi connectivity index (χ1n) is 7.97. The number of aliphatic carboxylic acids is 1. The number of carbonyl (C=O) groups excluding carboxylic acids is 2. The van der Waals surface area contributed by atoms with Gasteiger partial charge >= 0.3 is 5.97 Å². The van der Waals surface area contributed by atoms with Gasteiger partial charge in [-0.25, -0.2) is 4.79 Å². The minimum Gasteiger partial charge on any atom is -0.480 e. The summed E-state index contributed by atoms with van der Waals surface area (Å²) in [6, 6.07) is 6.95. The summed E-state index contributed by atoms with van der Waals surface area (Å²) in [7, 11) is 0. The van der Waals surface area contributed by atoms with E-state index in [1.165, 1.54) is 4.90 Å². The molecule has 2 heterocycles. The maximum Gasteiger partial charge on any atom is 0.326 e. The van der Waals surface area contributed by atoms with Crippen molar-refractivity contribution in [3.05, 3.63) is 29.8 Å². The molecule has 1 aromatic carbocycles. The van der Waals surface area contributed by atoms with Crippen molar-refractivity contribution in [1.82, 2.24) is 4.90 Å². The lowest BCUT2D eigenvalue weighted by molar-refractivity contribution is -0.148. The average molecular weight is 316 g/mol. The zero-order valence-electron chi connectivity index (χ0n) is 12.8. The predicted molar refractivity (Wildman–Crippen MR) is 83.9 cm³/mol. The van der Waals surface area contributed by atoms with Crippen molar-refractivity contribution in [2.45, 2.75) is 38.1 Å². The maximum atomic E-state index is 12.3. The third-order valence-corrected chi connectivity index (χ3v) is 4.68. The van der Waals surface area contributed by atoms with E-state index in [0.717, 1.165) is 17.7 Å². The van der Waals surface area contributed by atoms with Crippen LogP contribution < -0.4 is 5.32 Å². The lowest BCUT2D eigenvalue weighted by atomic mass is 9.89. The summed E-state index contributed by atoms with van der Waals surface area (Å²) in [5.41, 5.74) is 1.92. The summed E-state index contributed by atoms with van der Waals surface area (Å²) in [5, 5.41) is 12.0. The summed E-state index contributed by atoms with van der Waals surface area (Å²) >= 11 is 0.